The SMILES string of the molecule is CCCCCCCOc1ccc(S(=O)(=O)NCCNCc2c(O)cc3c(c2O)-c2cc(ccc2O)[C@H]2NC(=O)[C@@H]4NC(=O)[C@H](CC(N)=O)NC(=O)[C@H](NC(=O)[C@@H](CC(C)C)NC)[C@H](O)c5ccc(c(C)c5)Oc5cc4cc(c5O[C@@H]4O[C@H](CO)[C@@H](O)[C@H](O)[C@H]4O[C@H]4C[C@H](N)[C@H](C)[C@H](C)O4)Oc4ccc(cc4Cl)[C@@H](O)[C@H](NC2=O)C(=O)N[C@@H]3C(=O)NC2C3CC4CC(C3)CC2C4)cc1. The van der Waals surface area contributed by atoms with Gasteiger partial charge in [-0.25, -0.2) is 13.1 Å². The first-order valence-electron chi connectivity index (χ1n) is 45.1. The van der Waals surface area contributed by atoms with Crippen molar-refractivity contribution in [2.45, 2.75) is 246 Å². The van der Waals surface area contributed by atoms with Crippen LogP contribution in [-0.2, 0) is 69.1 Å². The van der Waals surface area contributed by atoms with E-state index in [4.69, 9.17) is 56.2 Å². The number of aromatic hydroxyl groups is 3. The van der Waals surface area contributed by atoms with Crippen molar-refractivity contribution in [2.24, 2.45) is 47.0 Å². The summed E-state index contributed by atoms with van der Waals surface area (Å²) in [6.45, 7) is 9.64. The molecule has 6 aromatic carbocycles. The van der Waals surface area contributed by atoms with Crippen LogP contribution in [0.3, 0.4) is 0 Å². The van der Waals surface area contributed by atoms with E-state index in [1.807, 2.05) is 20.8 Å². The average molecular weight is 1870 g/mol. The van der Waals surface area contributed by atoms with Gasteiger partial charge in [0.1, 0.15) is 101 Å². The number of carbonyl (C=O) groups excluding carboxylic acids is 8. The number of hydrogen-bond acceptors (Lipinski definition) is 28. The lowest BCUT2D eigenvalue weighted by atomic mass is 9.54. The van der Waals surface area contributed by atoms with Crippen LogP contribution in [0.1, 0.15) is 187 Å². The van der Waals surface area contributed by atoms with E-state index in [9.17, 15) is 58.9 Å². The van der Waals surface area contributed by atoms with Crippen LogP contribution in [0.2, 0.25) is 5.02 Å². The van der Waals surface area contributed by atoms with Crippen molar-refractivity contribution in [2.75, 3.05) is 33.4 Å². The summed E-state index contributed by atoms with van der Waals surface area (Å²) in [4.78, 5) is 124. The van der Waals surface area contributed by atoms with Gasteiger partial charge in [0.25, 0.3) is 0 Å². The Labute approximate surface area is 768 Å². The van der Waals surface area contributed by atoms with Gasteiger partial charge in [0.05, 0.1) is 47.3 Å². The molecule has 11 aliphatic rings. The van der Waals surface area contributed by atoms with Gasteiger partial charge in [-0.1, -0.05) is 83.2 Å². The number of sulfonamides is 1. The zero-order chi connectivity index (χ0) is 94.6. The molecule has 714 valence electrons. The van der Waals surface area contributed by atoms with E-state index in [0.717, 1.165) is 107 Å². The number of phenolic OH excluding ortho intramolecular Hbond substituents is 3. The Morgan fingerprint density at radius 2 is 1.33 bits per heavy atom. The van der Waals surface area contributed by atoms with E-state index in [0.29, 0.717) is 24.2 Å². The maximum absolute atomic E-state index is 16.7. The van der Waals surface area contributed by atoms with Crippen LogP contribution in [0.5, 0.6) is 51.7 Å². The van der Waals surface area contributed by atoms with Crippen LogP contribution < -0.4 is 83.0 Å². The van der Waals surface area contributed by atoms with Gasteiger partial charge in [-0.2, -0.15) is 0 Å². The Morgan fingerprint density at radius 3 is 1.98 bits per heavy atom. The first-order chi connectivity index (χ1) is 63.0. The van der Waals surface area contributed by atoms with Gasteiger partial charge in [0, 0.05) is 49.3 Å². The van der Waals surface area contributed by atoms with E-state index < -0.39 is 238 Å². The fourth-order valence-electron chi connectivity index (χ4n) is 19.4. The number of rotatable bonds is 28. The average Bonchev–Trinajstić information content (AvgIpc) is 0.748. The monoisotopic (exact) mass is 1870 g/mol. The lowest BCUT2D eigenvalue weighted by Crippen LogP contribution is -2.62. The zero-order valence-electron chi connectivity index (χ0n) is 74.3. The highest BCUT2D eigenvalue weighted by molar-refractivity contribution is 7.89. The third kappa shape index (κ3) is 21.8. The molecule has 22 N–H and O–H groups in total. The molecule has 2 saturated heterocycles. The molecule has 0 unspecified atom stereocenters. The van der Waals surface area contributed by atoms with Crippen molar-refractivity contribution in [3.63, 3.8) is 0 Å². The van der Waals surface area contributed by atoms with Gasteiger partial charge in [-0.05, 0) is 214 Å². The van der Waals surface area contributed by atoms with Gasteiger partial charge in [0.15, 0.2) is 23.9 Å². The minimum Gasteiger partial charge on any atom is -0.507 e. The third-order valence-corrected chi connectivity index (χ3v) is 28.3. The second-order valence-electron chi connectivity index (χ2n) is 36.3. The number of aliphatic hydroxyl groups excluding tert-OH is 5. The summed E-state index contributed by atoms with van der Waals surface area (Å²) in [6, 6.07) is 5.39. The highest BCUT2D eigenvalue weighted by atomic mass is 35.5. The number of ether oxygens (including phenoxy) is 7. The van der Waals surface area contributed by atoms with Gasteiger partial charge in [-0.15, -0.1) is 0 Å². The van der Waals surface area contributed by atoms with E-state index in [-0.39, 0.29) is 104 Å². The quantitative estimate of drug-likeness (QED) is 0.0290. The van der Waals surface area contributed by atoms with E-state index in [1.54, 1.807) is 19.1 Å². The predicted octanol–water partition coefficient (Wildman–Crippen LogP) is 4.92. The van der Waals surface area contributed by atoms with Crippen molar-refractivity contribution in [1.29, 1.82) is 0 Å². The standard InChI is InChI=1S/C93H119ClN12O25S/c1-8-9-10-11-12-25-125-54-16-18-55(19-17-54)132(123,124)99-24-23-98-40-58-64(109)37-57-72(81(58)113)56-33-48(13-20-63(56)108)74-88(118)106-78(92(122)104-76(57)90(120)101-73-51-29-46-28-47(31-51)32-52(73)30-46)80(112)50-15-22-66(59(94)34-50)128-68-36-53-35-67(84(68)131-93-85(83(115)82(114)69(41-107)129-93)130-71-38-60(95)44(5)45(6)126-71)127-65-21-14-49(27-43(65)4)79(111)77(105-86(116)61(97-7)26-42(2)3)91(121)100-62(39-70(96)110)87(117)102-75(53)89(119)103-74/h13-22,27,33-37,42,44-47,51-52,60-62,69,71,73-80,82-83,85,93,97-99,107-109,111-115H,8-12,23-26,28-32,38-41,95H2,1-7H3,(H2,96,110)(H,100,121)(H,101,120)(H,102,117)(H,103,119)(H,104,122)(H,105,116)(H,106,118)/t44-,45+,46?,47?,51?,52?,60+,61-,62+,69-,71+,73?,74-,75-,76+,77-,78+,79-,80-,82-,83+,85-,93+/m1/s1. The number of primary amides is 1. The van der Waals surface area contributed by atoms with Crippen molar-refractivity contribution < 1.29 is 121 Å². The minimum atomic E-state index is -4.13. The Kier molecular flexibility index (Phi) is 31.0. The molecule has 18 atom stereocenters. The van der Waals surface area contributed by atoms with Crippen LogP contribution in [0.25, 0.3) is 11.1 Å². The second-order valence-corrected chi connectivity index (χ2v) is 38.5. The fourth-order valence-corrected chi connectivity index (χ4v) is 20.6. The van der Waals surface area contributed by atoms with Crippen LogP contribution in [0.4, 0.5) is 0 Å². The normalized spacial score (nSPS) is 29.0. The number of nitrogens with two attached hydrogens (primary N) is 2. The molecule has 0 spiro atoms. The summed E-state index contributed by atoms with van der Waals surface area (Å²) in [6.07, 6.45) is -6.54. The molecule has 8 amide bonds. The first kappa shape index (κ1) is 97.5. The number of halogens is 1. The summed E-state index contributed by atoms with van der Waals surface area (Å²) >= 11 is 7.33. The van der Waals surface area contributed by atoms with Gasteiger partial charge in [-0.3, -0.25) is 38.4 Å². The van der Waals surface area contributed by atoms with Crippen LogP contribution in [-0.4, -0.2) is 209 Å². The molecule has 37 nitrogen and oxygen atoms in total. The molecule has 0 aromatic heterocycles. The summed E-state index contributed by atoms with van der Waals surface area (Å²) < 4.78 is 75.4. The summed E-state index contributed by atoms with van der Waals surface area (Å²) in [5.41, 5.74) is 10.2. The lowest BCUT2D eigenvalue weighted by molar-refractivity contribution is -0.328. The third-order valence-electron chi connectivity index (χ3n) is 26.5. The molecule has 7 aliphatic heterocycles. The van der Waals surface area contributed by atoms with E-state index in [1.165, 1.54) is 56.4 Å². The zero-order valence-corrected chi connectivity index (χ0v) is 75.9. The number of unbranched alkanes of at least 4 members (excludes halogenated alkanes) is 4. The van der Waals surface area contributed by atoms with Crippen LogP contribution >= 0.6 is 11.6 Å². The van der Waals surface area contributed by atoms with Crippen LogP contribution in [0.15, 0.2) is 102 Å². The molecule has 6 fully saturated rings. The Bertz CT molecular complexity index is 5350. The number of amides is 8. The molecule has 17 rings (SSSR count). The molecule has 39 heteroatoms. The smallest absolute Gasteiger partial charge is 0.248 e. The molecule has 7 heterocycles. The Morgan fingerprint density at radius 1 is 0.674 bits per heavy atom. The number of benzene rings is 6. The molecule has 6 aromatic rings. The number of nitrogens with one attached hydrogen (secondary N) is 10. The number of fused-ring (bicyclic) bond motifs is 15. The number of aryl methyl sites for hydroxylation is 1. The molecule has 4 aliphatic carbocycles. The minimum absolute atomic E-state index is 0.00989. The number of phenols is 3. The maximum Gasteiger partial charge on any atom is 0.248 e. The van der Waals surface area contributed by atoms with Gasteiger partial charge < -0.3 is 133 Å². The number of aliphatic hydroxyl groups is 5. The highest BCUT2D eigenvalue weighted by Crippen LogP contribution is 2.55. The van der Waals surface area contributed by atoms with Crippen LogP contribution in [0, 0.1) is 42.4 Å². The van der Waals surface area contributed by atoms with Crippen molar-refractivity contribution in [3.05, 3.63) is 141 Å². The Balaban J connectivity index is 0.919. The molecule has 15 bridgehead atoms. The summed E-state index contributed by atoms with van der Waals surface area (Å²) in [5, 5.41) is 123. The molecule has 132 heavy (non-hydrogen) atoms. The number of likely N-dealkylation sites (N-methyl/N-ethyl adjacent to an activating group) is 1. The molecular formula is C93H119ClN12O25S. The topological polar surface area (TPSA) is 569 Å². The van der Waals surface area contributed by atoms with E-state index >= 15 is 28.8 Å². The molecule has 4 saturated carbocycles. The number of carbonyl (C=O) groups is 8. The first-order valence-corrected chi connectivity index (χ1v) is 46.9. The Hall–Kier alpha value is -10.6. The van der Waals surface area contributed by atoms with Gasteiger partial charge >= 0.3 is 0 Å². The second kappa shape index (κ2) is 41.9. The predicted molar refractivity (Wildman–Crippen MR) is 476 cm³/mol. The lowest BCUT2D eigenvalue weighted by Gasteiger charge is -2.54. The van der Waals surface area contributed by atoms with Crippen molar-refractivity contribution >= 4 is 68.9 Å². The molecular weight excluding hydrogens is 1750 g/mol. The van der Waals surface area contributed by atoms with E-state index in [2.05, 4.69) is 59.5 Å². The summed E-state index contributed by atoms with van der Waals surface area (Å²) in [5.74, 6) is -12.8. The van der Waals surface area contributed by atoms with Crippen molar-refractivity contribution in [1.82, 2.24) is 52.6 Å². The number of hydrogen-bond donors (Lipinski definition) is 20. The largest absolute Gasteiger partial charge is 0.507 e. The van der Waals surface area contributed by atoms with Crippen molar-refractivity contribution in [3.8, 4) is 62.9 Å². The fraction of sp³-hybridized carbons (Fsp3) is 0.527. The highest BCUT2D eigenvalue weighted by Gasteiger charge is 2.53. The molecule has 0 radical (unpaired) electrons. The van der Waals surface area contributed by atoms with Gasteiger partial charge in [0.2, 0.25) is 69.3 Å². The maximum atomic E-state index is 16.7. The summed E-state index contributed by atoms with van der Waals surface area (Å²) in [7, 11) is -2.63.